The molecule has 2 aromatic rings. The maximum absolute atomic E-state index is 12.1. The zero-order valence-electron chi connectivity index (χ0n) is 12.1. The van der Waals surface area contributed by atoms with Gasteiger partial charge in [-0.15, -0.1) is 5.10 Å². The van der Waals surface area contributed by atoms with Gasteiger partial charge in [-0.2, -0.15) is 4.98 Å². The Morgan fingerprint density at radius 1 is 1.35 bits per heavy atom. The van der Waals surface area contributed by atoms with Crippen molar-refractivity contribution in [3.8, 4) is 5.69 Å². The zero-order valence-corrected chi connectivity index (χ0v) is 12.1. The normalized spacial score (nSPS) is 27.5. The summed E-state index contributed by atoms with van der Waals surface area (Å²) in [6, 6.07) is 0. The van der Waals surface area contributed by atoms with Crippen LogP contribution in [0.25, 0.3) is 5.69 Å². The third kappa shape index (κ3) is 2.59. The smallest absolute Gasteiger partial charge is 0.351 e. The molecule has 0 radical (unpaired) electrons. The number of rotatable bonds is 3. The first-order chi connectivity index (χ1) is 10.9. The van der Waals surface area contributed by atoms with Gasteiger partial charge in [0.15, 0.2) is 12.0 Å². The first-order valence-corrected chi connectivity index (χ1v) is 6.83. The fraction of sp³-hybridized carbons (Fsp3) is 0.500. The molecule has 1 aliphatic heterocycles. The van der Waals surface area contributed by atoms with E-state index < -0.39 is 36.8 Å². The van der Waals surface area contributed by atoms with E-state index in [0.29, 0.717) is 5.69 Å². The van der Waals surface area contributed by atoms with Crippen LogP contribution in [0.5, 0.6) is 0 Å². The number of nitrogens with two attached hydrogens (primary N) is 1. The summed E-state index contributed by atoms with van der Waals surface area (Å²) < 4.78 is 7.65. The molecule has 3 rings (SSSR count). The number of aryl methyl sites for hydroxylation is 1. The molecule has 1 saturated heterocycles. The number of aromatic nitrogens is 5. The average Bonchev–Trinajstić information content (AvgIpc) is 3.05. The van der Waals surface area contributed by atoms with Gasteiger partial charge in [0.1, 0.15) is 24.0 Å². The molecule has 11 heteroatoms. The Labute approximate surface area is 129 Å². The molecular formula is C12H16N6O5. The second-order valence-corrected chi connectivity index (χ2v) is 5.23. The van der Waals surface area contributed by atoms with Crippen LogP contribution in [0, 0.1) is 6.92 Å². The molecule has 0 saturated carbocycles. The molecular weight excluding hydrogens is 308 g/mol. The highest BCUT2D eigenvalue weighted by molar-refractivity contribution is 5.49. The topological polar surface area (TPSA) is 162 Å². The Morgan fingerprint density at radius 2 is 2.09 bits per heavy atom. The van der Waals surface area contributed by atoms with Gasteiger partial charge in [-0.05, 0) is 6.92 Å². The Kier molecular flexibility index (Phi) is 3.85. The maximum Gasteiger partial charge on any atom is 0.351 e. The molecule has 0 amide bonds. The fourth-order valence-corrected chi connectivity index (χ4v) is 2.40. The predicted octanol–water partition coefficient (Wildman–Crippen LogP) is -2.67. The van der Waals surface area contributed by atoms with E-state index >= 15 is 0 Å². The standard InChI is InChI=1S/C12H16N6O5/c1-5-2-18(16-15-5)6-3-17(12(22)14-10(6)13)11-9(21)8(20)7(4-19)23-11/h2-3,7-9,11,19-21H,4H2,1H3,(H2,13,14,22)/t7-,8?,9+,11-/m1/s1. The quantitative estimate of drug-likeness (QED) is 0.471. The molecule has 4 atom stereocenters. The van der Waals surface area contributed by atoms with E-state index in [0.717, 1.165) is 4.57 Å². The number of aliphatic hydroxyl groups excluding tert-OH is 3. The van der Waals surface area contributed by atoms with E-state index in [4.69, 9.17) is 15.6 Å². The van der Waals surface area contributed by atoms with Crippen molar-refractivity contribution in [1.29, 1.82) is 0 Å². The van der Waals surface area contributed by atoms with Gasteiger partial charge in [0.2, 0.25) is 0 Å². The molecule has 124 valence electrons. The van der Waals surface area contributed by atoms with Crippen molar-refractivity contribution in [2.75, 3.05) is 12.3 Å². The Hall–Kier alpha value is -2.34. The zero-order chi connectivity index (χ0) is 16.7. The Morgan fingerprint density at radius 3 is 2.65 bits per heavy atom. The van der Waals surface area contributed by atoms with Crippen LogP contribution in [0.2, 0.25) is 0 Å². The van der Waals surface area contributed by atoms with Gasteiger partial charge in [-0.25, -0.2) is 9.48 Å². The minimum atomic E-state index is -1.40. The second-order valence-electron chi connectivity index (χ2n) is 5.23. The number of nitrogens with zero attached hydrogens (tertiary/aromatic N) is 5. The van der Waals surface area contributed by atoms with Crippen LogP contribution >= 0.6 is 0 Å². The number of aliphatic hydroxyl groups is 3. The van der Waals surface area contributed by atoms with Gasteiger partial charge < -0.3 is 25.8 Å². The average molecular weight is 324 g/mol. The summed E-state index contributed by atoms with van der Waals surface area (Å²) in [4.78, 5) is 15.7. The van der Waals surface area contributed by atoms with Crippen LogP contribution in [-0.2, 0) is 4.74 Å². The molecule has 1 aliphatic rings. The number of nitrogen functional groups attached to an aromatic ring is 1. The van der Waals surface area contributed by atoms with E-state index in [1.807, 2.05) is 0 Å². The van der Waals surface area contributed by atoms with E-state index in [2.05, 4.69) is 15.3 Å². The molecule has 23 heavy (non-hydrogen) atoms. The van der Waals surface area contributed by atoms with Gasteiger partial charge in [0.05, 0.1) is 18.5 Å². The van der Waals surface area contributed by atoms with Gasteiger partial charge in [0, 0.05) is 6.20 Å². The molecule has 0 spiro atoms. The first kappa shape index (κ1) is 15.6. The van der Waals surface area contributed by atoms with E-state index in [9.17, 15) is 15.0 Å². The van der Waals surface area contributed by atoms with Crippen molar-refractivity contribution in [3.63, 3.8) is 0 Å². The highest BCUT2D eigenvalue weighted by Gasteiger charge is 2.44. The fourth-order valence-electron chi connectivity index (χ4n) is 2.40. The minimum Gasteiger partial charge on any atom is -0.394 e. The van der Waals surface area contributed by atoms with Gasteiger partial charge in [0.25, 0.3) is 0 Å². The molecule has 5 N–H and O–H groups in total. The first-order valence-electron chi connectivity index (χ1n) is 6.83. The SMILES string of the molecule is Cc1cn(-c2cn([C@@H]3O[C@H](CO)C(O)[C@@H]3O)c(=O)nc2N)nn1. The van der Waals surface area contributed by atoms with Crippen molar-refractivity contribution >= 4 is 5.82 Å². The number of anilines is 1. The van der Waals surface area contributed by atoms with E-state index in [1.54, 1.807) is 13.1 Å². The summed E-state index contributed by atoms with van der Waals surface area (Å²) >= 11 is 0. The summed E-state index contributed by atoms with van der Waals surface area (Å²) in [5.74, 6) is -0.0668. The van der Waals surface area contributed by atoms with Crippen molar-refractivity contribution < 1.29 is 20.1 Å². The number of ether oxygens (including phenoxy) is 1. The monoisotopic (exact) mass is 324 g/mol. The molecule has 2 aromatic heterocycles. The molecule has 0 bridgehead atoms. The summed E-state index contributed by atoms with van der Waals surface area (Å²) in [6.07, 6.45) is -2.05. The van der Waals surface area contributed by atoms with Crippen LogP contribution in [0.3, 0.4) is 0 Å². The molecule has 11 nitrogen and oxygen atoms in total. The van der Waals surface area contributed by atoms with Crippen molar-refractivity contribution in [2.45, 2.75) is 31.5 Å². The molecule has 0 aromatic carbocycles. The van der Waals surface area contributed by atoms with E-state index in [-0.39, 0.29) is 11.5 Å². The lowest BCUT2D eigenvalue weighted by atomic mass is 10.1. The molecule has 0 aliphatic carbocycles. The van der Waals surface area contributed by atoms with Crippen molar-refractivity contribution in [3.05, 3.63) is 28.6 Å². The lowest BCUT2D eigenvalue weighted by Gasteiger charge is -2.18. The minimum absolute atomic E-state index is 0.0668. The van der Waals surface area contributed by atoms with Crippen LogP contribution in [0.4, 0.5) is 5.82 Å². The van der Waals surface area contributed by atoms with Gasteiger partial charge >= 0.3 is 5.69 Å². The Bertz CT molecular complexity index is 774. The van der Waals surface area contributed by atoms with Crippen LogP contribution in [0.15, 0.2) is 17.2 Å². The summed E-state index contributed by atoms with van der Waals surface area (Å²) in [7, 11) is 0. The lowest BCUT2D eigenvalue weighted by molar-refractivity contribution is -0.0549. The molecule has 1 unspecified atom stereocenters. The molecule has 3 heterocycles. The lowest BCUT2D eigenvalue weighted by Crippen LogP contribution is -2.36. The summed E-state index contributed by atoms with van der Waals surface area (Å²) in [5, 5.41) is 36.6. The van der Waals surface area contributed by atoms with Crippen molar-refractivity contribution in [2.24, 2.45) is 0 Å². The van der Waals surface area contributed by atoms with Crippen LogP contribution in [-0.4, -0.2) is 64.8 Å². The van der Waals surface area contributed by atoms with Crippen LogP contribution in [0.1, 0.15) is 11.9 Å². The molecule has 1 fully saturated rings. The van der Waals surface area contributed by atoms with Crippen LogP contribution < -0.4 is 11.4 Å². The van der Waals surface area contributed by atoms with Gasteiger partial charge in [-0.3, -0.25) is 4.57 Å². The third-order valence-electron chi connectivity index (χ3n) is 3.61. The van der Waals surface area contributed by atoms with Crippen molar-refractivity contribution in [1.82, 2.24) is 24.5 Å². The third-order valence-corrected chi connectivity index (χ3v) is 3.61. The second kappa shape index (κ2) is 5.70. The maximum atomic E-state index is 12.1. The van der Waals surface area contributed by atoms with Gasteiger partial charge in [-0.1, -0.05) is 5.21 Å². The predicted molar refractivity (Wildman–Crippen MR) is 75.6 cm³/mol. The summed E-state index contributed by atoms with van der Waals surface area (Å²) in [5.41, 5.74) is 5.88. The highest BCUT2D eigenvalue weighted by atomic mass is 16.6. The summed E-state index contributed by atoms with van der Waals surface area (Å²) in [6.45, 7) is 1.23. The highest BCUT2D eigenvalue weighted by Crippen LogP contribution is 2.28. The Balaban J connectivity index is 2.05. The largest absolute Gasteiger partial charge is 0.394 e. The van der Waals surface area contributed by atoms with E-state index in [1.165, 1.54) is 10.9 Å². The number of hydrogen-bond acceptors (Lipinski definition) is 9. The number of hydrogen-bond donors (Lipinski definition) is 4.